The Labute approximate surface area is 246 Å². The first kappa shape index (κ1) is 31.0. The van der Waals surface area contributed by atoms with Gasteiger partial charge in [0.1, 0.15) is 0 Å². The van der Waals surface area contributed by atoms with Gasteiger partial charge in [-0.15, -0.1) is 0 Å². The first-order valence-corrected chi connectivity index (χ1v) is 17.5. The molecule has 0 aliphatic heterocycles. The number of para-hydroxylation sites is 1. The molecule has 4 saturated carbocycles. The van der Waals surface area contributed by atoms with Crippen LogP contribution in [0.3, 0.4) is 0 Å². The van der Waals surface area contributed by atoms with Gasteiger partial charge in [-0.2, -0.15) is 8.42 Å². The minimum absolute atomic E-state index is 0.0753. The van der Waals surface area contributed by atoms with Crippen molar-refractivity contribution in [1.29, 1.82) is 0 Å². The third-order valence-corrected chi connectivity index (χ3v) is 13.4. The minimum Gasteiger partial charge on any atom is -0.393 e. The second-order valence-electron chi connectivity index (χ2n) is 14.6. The summed E-state index contributed by atoms with van der Waals surface area (Å²) in [6.07, 6.45) is 7.43. The first-order chi connectivity index (χ1) is 19.3. The Bertz CT molecular complexity index is 1190. The quantitative estimate of drug-likeness (QED) is 0.342. The van der Waals surface area contributed by atoms with Crippen LogP contribution in [0.15, 0.2) is 30.3 Å². The zero-order valence-electron chi connectivity index (χ0n) is 25.3. The van der Waals surface area contributed by atoms with Gasteiger partial charge >= 0.3 is 0 Å². The molecule has 8 heteroatoms. The van der Waals surface area contributed by atoms with Crippen LogP contribution in [0, 0.1) is 52.3 Å². The highest BCUT2D eigenvalue weighted by Gasteiger charge is 2.64. The van der Waals surface area contributed by atoms with Gasteiger partial charge in [-0.1, -0.05) is 45.9 Å². The highest BCUT2D eigenvalue weighted by atomic mass is 32.2. The molecule has 0 radical (unpaired) electrons. The molecule has 4 aliphatic carbocycles. The van der Waals surface area contributed by atoms with Crippen molar-refractivity contribution in [3.05, 3.63) is 30.3 Å². The predicted octanol–water partition coefficient (Wildman–Crippen LogP) is 5.56. The van der Waals surface area contributed by atoms with Crippen molar-refractivity contribution in [2.75, 3.05) is 17.2 Å². The topological polar surface area (TPSA) is 115 Å². The molecule has 5 rings (SSSR count). The van der Waals surface area contributed by atoms with Crippen molar-refractivity contribution < 1.29 is 28.0 Å². The van der Waals surface area contributed by atoms with Gasteiger partial charge < -0.3 is 15.1 Å². The number of aliphatic hydroxyl groups excluding tert-OH is 2. The summed E-state index contributed by atoms with van der Waals surface area (Å²) in [4.78, 5) is 14.9. The van der Waals surface area contributed by atoms with Crippen LogP contribution >= 0.6 is 0 Å². The largest absolute Gasteiger partial charge is 0.393 e. The van der Waals surface area contributed by atoms with Gasteiger partial charge in [0.2, 0.25) is 5.91 Å². The van der Waals surface area contributed by atoms with Crippen LogP contribution in [-0.2, 0) is 14.9 Å². The van der Waals surface area contributed by atoms with Gasteiger partial charge in [0.15, 0.2) is 0 Å². The third-order valence-electron chi connectivity index (χ3n) is 12.8. The number of rotatable bonds is 8. The maximum absolute atomic E-state index is 13.4. The van der Waals surface area contributed by atoms with Crippen molar-refractivity contribution in [3.63, 3.8) is 0 Å². The van der Waals surface area contributed by atoms with E-state index in [9.17, 15) is 28.0 Å². The maximum Gasteiger partial charge on any atom is 0.266 e. The normalized spacial score (nSPS) is 41.1. The fourth-order valence-electron chi connectivity index (χ4n) is 10.4. The number of aliphatic hydroxyl groups is 2. The zero-order chi connectivity index (χ0) is 29.7. The molecule has 0 saturated heterocycles. The third kappa shape index (κ3) is 5.75. The molecular weight excluding hydrogens is 538 g/mol. The molecule has 0 spiro atoms. The lowest BCUT2D eigenvalue weighted by Crippen LogP contribution is -2.60. The smallest absolute Gasteiger partial charge is 0.266 e. The number of carbonyl (C=O) groups excluding carboxylic acids is 1. The summed E-state index contributed by atoms with van der Waals surface area (Å²) in [6, 6.07) is 9.08. The Balaban J connectivity index is 1.29. The summed E-state index contributed by atoms with van der Waals surface area (Å²) >= 11 is 0. The summed E-state index contributed by atoms with van der Waals surface area (Å²) in [5, 5.41) is 22.0. The van der Waals surface area contributed by atoms with Gasteiger partial charge in [0, 0.05) is 18.7 Å². The van der Waals surface area contributed by atoms with Crippen molar-refractivity contribution in [3.8, 4) is 0 Å². The second-order valence-corrected chi connectivity index (χ2v) is 16.2. The Morgan fingerprint density at radius 2 is 1.76 bits per heavy atom. The van der Waals surface area contributed by atoms with Crippen LogP contribution in [0.1, 0.15) is 85.5 Å². The maximum atomic E-state index is 13.4. The molecule has 1 amide bonds. The molecule has 0 bridgehead atoms. The molecule has 1 aromatic carbocycles. The van der Waals surface area contributed by atoms with E-state index in [0.717, 1.165) is 51.4 Å². The predicted molar refractivity (Wildman–Crippen MR) is 161 cm³/mol. The van der Waals surface area contributed by atoms with Crippen LogP contribution in [0.25, 0.3) is 0 Å². The van der Waals surface area contributed by atoms with E-state index in [-0.39, 0.29) is 35.5 Å². The molecule has 11 atom stereocenters. The second kappa shape index (κ2) is 11.5. The molecule has 230 valence electrons. The molecule has 11 unspecified atom stereocenters. The lowest BCUT2D eigenvalue weighted by atomic mass is 9.41. The Kier molecular flexibility index (Phi) is 8.72. The fourth-order valence-corrected chi connectivity index (χ4v) is 10.8. The van der Waals surface area contributed by atoms with E-state index in [0.29, 0.717) is 53.5 Å². The number of anilines is 1. The van der Waals surface area contributed by atoms with Crippen LogP contribution in [0.2, 0.25) is 0 Å². The van der Waals surface area contributed by atoms with Crippen molar-refractivity contribution >= 4 is 21.7 Å². The monoisotopic (exact) mass is 589 g/mol. The highest BCUT2D eigenvalue weighted by Crippen LogP contribution is 2.70. The van der Waals surface area contributed by atoms with E-state index in [1.807, 2.05) is 18.2 Å². The summed E-state index contributed by atoms with van der Waals surface area (Å²) in [5.74, 6) is 2.35. The van der Waals surface area contributed by atoms with Crippen LogP contribution in [0.4, 0.5) is 5.69 Å². The molecule has 0 aromatic heterocycles. The number of carbonyl (C=O) groups is 1. The van der Waals surface area contributed by atoms with E-state index in [1.165, 1.54) is 4.90 Å². The van der Waals surface area contributed by atoms with E-state index >= 15 is 0 Å². The van der Waals surface area contributed by atoms with E-state index in [4.69, 9.17) is 0 Å². The number of amides is 1. The van der Waals surface area contributed by atoms with E-state index in [1.54, 1.807) is 12.1 Å². The van der Waals surface area contributed by atoms with Crippen LogP contribution in [0.5, 0.6) is 0 Å². The lowest BCUT2D eigenvalue weighted by Gasteiger charge is -2.64. The Hall–Kier alpha value is -1.48. The Morgan fingerprint density at radius 1 is 1.05 bits per heavy atom. The van der Waals surface area contributed by atoms with E-state index in [2.05, 4.69) is 27.7 Å². The molecule has 3 N–H and O–H groups in total. The van der Waals surface area contributed by atoms with Crippen molar-refractivity contribution in [2.24, 2.45) is 52.3 Å². The molecular formula is C33H51NO6S. The summed E-state index contributed by atoms with van der Waals surface area (Å²) in [5.41, 5.74) is 0.936. The van der Waals surface area contributed by atoms with Crippen LogP contribution in [-0.4, -0.2) is 53.6 Å². The van der Waals surface area contributed by atoms with Crippen LogP contribution < -0.4 is 4.90 Å². The molecule has 7 nitrogen and oxygen atoms in total. The standard InChI is InChI=1S/C33H51NO6S/c1-21(10-13-30(37)34(16-17-41(38,39)40)24-8-6-5-7-9-24)26-11-12-27-31-28(18-22(2)33(26,27)4)32(3)15-14-25(35)19-23(32)20-29(31)36/h5-9,21-23,25-29,31,35-36H,10-20H2,1-4H3,(H,38,39,40). The molecule has 41 heavy (non-hydrogen) atoms. The number of hydrogen-bond acceptors (Lipinski definition) is 5. The number of hydrogen-bond donors (Lipinski definition) is 3. The molecule has 4 fully saturated rings. The number of nitrogens with zero attached hydrogens (tertiary/aromatic N) is 1. The Morgan fingerprint density at radius 3 is 2.44 bits per heavy atom. The lowest BCUT2D eigenvalue weighted by molar-refractivity contribution is -0.189. The average Bonchev–Trinajstić information content (AvgIpc) is 3.27. The fraction of sp³-hybridized carbons (Fsp3) is 0.788. The summed E-state index contributed by atoms with van der Waals surface area (Å²) in [7, 11) is -4.19. The minimum atomic E-state index is -4.19. The molecule has 1 aromatic rings. The van der Waals surface area contributed by atoms with Crippen molar-refractivity contribution in [2.45, 2.75) is 97.7 Å². The SMILES string of the molecule is CC(CCC(=O)N(CCS(=O)(=O)O)c1ccccc1)C1CCC2C3C(O)CC4CC(O)CCC4(C)C3CC(C)C12C. The van der Waals surface area contributed by atoms with Gasteiger partial charge in [-0.3, -0.25) is 9.35 Å². The van der Waals surface area contributed by atoms with E-state index < -0.39 is 15.9 Å². The summed E-state index contributed by atoms with van der Waals surface area (Å²) in [6.45, 7) is 9.52. The van der Waals surface area contributed by atoms with Gasteiger partial charge in [0.05, 0.1) is 18.0 Å². The summed E-state index contributed by atoms with van der Waals surface area (Å²) < 4.78 is 32.2. The molecule has 4 aliphatic rings. The molecule has 0 heterocycles. The van der Waals surface area contributed by atoms with Gasteiger partial charge in [0.25, 0.3) is 10.1 Å². The van der Waals surface area contributed by atoms with Crippen molar-refractivity contribution in [1.82, 2.24) is 0 Å². The first-order valence-electron chi connectivity index (χ1n) is 15.9. The highest BCUT2D eigenvalue weighted by molar-refractivity contribution is 7.85. The number of benzene rings is 1. The van der Waals surface area contributed by atoms with Gasteiger partial charge in [-0.05, 0) is 116 Å². The van der Waals surface area contributed by atoms with Gasteiger partial charge in [-0.25, -0.2) is 0 Å². The average molecular weight is 590 g/mol. The zero-order valence-corrected chi connectivity index (χ0v) is 26.1. The number of fused-ring (bicyclic) bond motifs is 5.